The van der Waals surface area contributed by atoms with Crippen LogP contribution >= 0.6 is 0 Å². The Morgan fingerprint density at radius 2 is 0.524 bits per heavy atom. The highest BCUT2D eigenvalue weighted by Gasteiger charge is 2.58. The van der Waals surface area contributed by atoms with Crippen LogP contribution in [0.1, 0.15) is 235 Å². The van der Waals surface area contributed by atoms with Gasteiger partial charge in [0.25, 0.3) is 0 Å². The van der Waals surface area contributed by atoms with Crippen molar-refractivity contribution in [2.24, 2.45) is 22.9 Å². The molecule has 37 nitrogen and oxygen atoms in total. The van der Waals surface area contributed by atoms with Crippen LogP contribution < -0.4 is 60.2 Å². The Morgan fingerprint density at radius 3 is 0.782 bits per heavy atom. The van der Waals surface area contributed by atoms with Crippen LogP contribution in [0.25, 0.3) is 0 Å². The summed E-state index contributed by atoms with van der Waals surface area (Å²) in [5, 5.41) is 47.9. The summed E-state index contributed by atoms with van der Waals surface area (Å²) in [6.45, 7) is 15.3. The number of carbonyl (C=O) groups excluding carboxylic acids is 7. The van der Waals surface area contributed by atoms with Gasteiger partial charge in [0, 0.05) is 64.4 Å². The minimum Gasteiger partial charge on any atom is -0.475 e. The minimum absolute atomic E-state index is 0.132. The van der Waals surface area contributed by atoms with E-state index >= 15 is 0 Å². The zero-order chi connectivity index (χ0) is 94.6. The molecule has 0 bridgehead atoms. The second-order valence-electron chi connectivity index (χ2n) is 28.6. The van der Waals surface area contributed by atoms with Crippen LogP contribution in [0.4, 0.5) is 86.2 Å². The summed E-state index contributed by atoms with van der Waals surface area (Å²) in [6.07, 6.45) is -22.0. The number of carboxylic acids is 4. The highest BCUT2D eigenvalue weighted by molar-refractivity contribution is 5.75. The molecule has 0 aromatic carbocycles. The average Bonchev–Trinajstić information content (AvgIpc) is 0.765. The molecule has 2 saturated heterocycles. The van der Waals surface area contributed by atoms with Crippen molar-refractivity contribution in [1.82, 2.24) is 37.2 Å². The lowest BCUT2D eigenvalue weighted by Crippen LogP contribution is -2.70. The highest BCUT2D eigenvalue weighted by atomic mass is 19.4. The van der Waals surface area contributed by atoms with Gasteiger partial charge in [-0.25, -0.2) is 52.7 Å². The van der Waals surface area contributed by atoms with Gasteiger partial charge in [-0.1, -0.05) is 183 Å². The molecule has 0 radical (unpaired) electrons. The normalized spacial score (nSPS) is 22.3. The number of carbonyl (C=O) groups is 11. The van der Waals surface area contributed by atoms with E-state index in [9.17, 15) is 86.2 Å². The van der Waals surface area contributed by atoms with E-state index in [0.29, 0.717) is 51.5 Å². The first-order valence-electron chi connectivity index (χ1n) is 41.6. The molecule has 2 heterocycles. The standard InChI is InChI=1S/C67H127N11O18.4C2HF3O2/c1-8-15-22-29-36-72-61(79)86-45-49-53(91-62(80)73-37-30-23-16-9-2)50(71)55(93-64(82)75-39-32-25-18-11-4)59(88-49)89-51-46(69)43-47(70)52(56(51)94-65(83)76-40-33-26-19-12-5)90-60-58(96-67(85)78-42-35-28-21-14-7)57(95-66(84)77-41-34-27-20-13-6)54(48(44-68)87-60)92-63(81)74-38-31-24-17-10-3;4*3-2(4,5)1(6)7/h46-60H,8-45,68-71H2,1-7H3,(H,72,79)(H,73,80)(H,74,81)(H,75,82)(H,76,83)(H,77,84)(H,78,85);4*(H,6,7)/t46-,47+,48+,49+,50-,51+,52-,53+,54+,55+,56-,57-,58+,59+,60+;;;;/m0..../s1. The SMILES string of the molecule is CCCCCCNC(=O)OC[C@H]1O[C@H](O[C@H]2[C@H](OC(=O)NCCCCCC)[C@@H](O[C@H]3O[C@H](CN)[C@@H](OC(=O)NCCCCCC)[C@H](OC(=O)NCCCCCC)[C@H]3OC(=O)NCCCCCC)[C@H](N)C[C@@H]2N)[C@H](OC(=O)NCCCCCC)[C@@H](N)[C@@H]1OC(=O)NCCCCCC.O=C(O)C(F)(F)F.O=C(O)C(F)(F)F.O=C(O)C(F)(F)F.O=C(O)C(F)(F)F. The molecular weight excluding hydrogens is 1700 g/mol. The zero-order valence-corrected chi connectivity index (χ0v) is 71.1. The first kappa shape index (κ1) is 118. The molecule has 2 aliphatic heterocycles. The monoisotopic (exact) mass is 1830 g/mol. The van der Waals surface area contributed by atoms with Crippen LogP contribution in [0.15, 0.2) is 0 Å². The fourth-order valence-electron chi connectivity index (χ4n) is 11.5. The first-order valence-corrected chi connectivity index (χ1v) is 41.6. The number of unbranched alkanes of at least 4 members (excludes halogenated alkanes) is 21. The first-order chi connectivity index (χ1) is 58.3. The van der Waals surface area contributed by atoms with E-state index in [0.717, 1.165) is 135 Å². The Bertz CT molecular complexity index is 2910. The average molecular weight is 1830 g/mol. The van der Waals surface area contributed by atoms with Crippen LogP contribution in [0.2, 0.25) is 0 Å². The van der Waals surface area contributed by atoms with Crippen LogP contribution in [0.3, 0.4) is 0 Å². The third kappa shape index (κ3) is 53.8. The third-order valence-corrected chi connectivity index (χ3v) is 18.0. The lowest BCUT2D eigenvalue weighted by atomic mass is 9.84. The fourth-order valence-corrected chi connectivity index (χ4v) is 11.5. The lowest BCUT2D eigenvalue weighted by Gasteiger charge is -2.50. The topological polar surface area (TPSA) is 559 Å². The van der Waals surface area contributed by atoms with Gasteiger partial charge in [-0.05, 0) is 51.4 Å². The van der Waals surface area contributed by atoms with Crippen molar-refractivity contribution in [3.63, 3.8) is 0 Å². The fraction of sp³-hybridized carbons (Fsp3) is 0.853. The Balaban J connectivity index is 0. The molecule has 1 saturated carbocycles. The molecule has 19 N–H and O–H groups in total. The van der Waals surface area contributed by atoms with Crippen LogP contribution in [-0.4, -0.2) is 262 Å². The van der Waals surface area contributed by atoms with Crippen molar-refractivity contribution >= 4 is 66.5 Å². The second kappa shape index (κ2) is 66.1. The molecule has 0 aromatic rings. The number of nitrogens with one attached hydrogen (secondary N) is 7. The van der Waals surface area contributed by atoms with Crippen molar-refractivity contribution in [2.75, 3.05) is 59.0 Å². The predicted octanol–water partition coefficient (Wildman–Crippen LogP) is 11.4. The van der Waals surface area contributed by atoms with Crippen molar-refractivity contribution < 1.29 is 178 Å². The van der Waals surface area contributed by atoms with E-state index in [2.05, 4.69) is 85.7 Å². The lowest BCUT2D eigenvalue weighted by molar-refractivity contribution is -0.329. The van der Waals surface area contributed by atoms with Crippen LogP contribution in [-0.2, 0) is 71.3 Å². The van der Waals surface area contributed by atoms with Crippen molar-refractivity contribution in [3.8, 4) is 0 Å². The molecule has 49 heteroatoms. The van der Waals surface area contributed by atoms with Gasteiger partial charge in [-0.15, -0.1) is 0 Å². The van der Waals surface area contributed by atoms with E-state index in [1.165, 1.54) is 0 Å². The number of amides is 7. The van der Waals surface area contributed by atoms with Crippen LogP contribution in [0.5, 0.6) is 0 Å². The molecule has 3 aliphatic rings. The number of alkyl halides is 12. The van der Waals surface area contributed by atoms with Gasteiger partial charge in [0.05, 0.1) is 6.04 Å². The Hall–Kier alpha value is -8.39. The van der Waals surface area contributed by atoms with Gasteiger partial charge < -0.3 is 133 Å². The quantitative estimate of drug-likeness (QED) is 0.0153. The number of halogens is 12. The van der Waals surface area contributed by atoms with E-state index in [4.69, 9.17) is 115 Å². The van der Waals surface area contributed by atoms with Crippen LogP contribution in [0, 0.1) is 0 Å². The number of hydrogen-bond donors (Lipinski definition) is 15. The molecule has 124 heavy (non-hydrogen) atoms. The van der Waals surface area contributed by atoms with E-state index in [1.807, 2.05) is 0 Å². The summed E-state index contributed by atoms with van der Waals surface area (Å²) in [6, 6.07) is -3.73. The molecular formula is C75H131F12N11O26. The number of hydrogen-bond acceptors (Lipinski definition) is 26. The zero-order valence-electron chi connectivity index (χ0n) is 71.1. The summed E-state index contributed by atoms with van der Waals surface area (Å²) >= 11 is 0. The molecule has 3 fully saturated rings. The van der Waals surface area contributed by atoms with Gasteiger partial charge in [-0.2, -0.15) is 52.7 Å². The summed E-state index contributed by atoms with van der Waals surface area (Å²) in [5.74, 6) is -11.0. The maximum absolute atomic E-state index is 14.3. The van der Waals surface area contributed by atoms with Gasteiger partial charge in [0.15, 0.2) is 49.2 Å². The van der Waals surface area contributed by atoms with Gasteiger partial charge >= 0.3 is 91.2 Å². The summed E-state index contributed by atoms with van der Waals surface area (Å²) < 4.78 is 197. The summed E-state index contributed by atoms with van der Waals surface area (Å²) in [7, 11) is 0. The number of carboxylic acid groups (broad SMARTS) is 4. The molecule has 726 valence electrons. The summed E-state index contributed by atoms with van der Waals surface area (Å²) in [5.41, 5.74) is 27.7. The smallest absolute Gasteiger partial charge is 0.475 e. The molecule has 3 rings (SSSR count). The van der Waals surface area contributed by atoms with Crippen molar-refractivity contribution in [1.29, 1.82) is 0 Å². The molecule has 0 spiro atoms. The highest BCUT2D eigenvalue weighted by Crippen LogP contribution is 2.37. The number of aliphatic carboxylic acids is 4. The largest absolute Gasteiger partial charge is 0.490 e. The van der Waals surface area contributed by atoms with Crippen molar-refractivity contribution in [3.05, 3.63) is 0 Å². The van der Waals surface area contributed by atoms with E-state index in [1.54, 1.807) is 0 Å². The Labute approximate surface area is 712 Å². The number of rotatable bonds is 48. The number of nitrogens with two attached hydrogens (primary N) is 4. The summed E-state index contributed by atoms with van der Waals surface area (Å²) in [4.78, 5) is 133. The van der Waals surface area contributed by atoms with Gasteiger partial charge in [0.1, 0.15) is 31.0 Å². The number of alkyl carbamates (subject to hydrolysis) is 7. The molecule has 1 aliphatic carbocycles. The molecule has 0 unspecified atom stereocenters. The maximum Gasteiger partial charge on any atom is 0.490 e. The van der Waals surface area contributed by atoms with Gasteiger partial charge in [0.2, 0.25) is 0 Å². The number of ether oxygens (including phenoxy) is 11. The van der Waals surface area contributed by atoms with Crippen molar-refractivity contribution in [2.45, 2.75) is 351 Å². The van der Waals surface area contributed by atoms with E-state index < -0.39 is 190 Å². The second-order valence-corrected chi connectivity index (χ2v) is 28.6. The Kier molecular flexibility index (Phi) is 62.7. The minimum atomic E-state index is -5.08. The predicted molar refractivity (Wildman–Crippen MR) is 417 cm³/mol. The van der Waals surface area contributed by atoms with Gasteiger partial charge in [-0.3, -0.25) is 0 Å². The molecule has 0 aromatic heterocycles. The molecule has 7 amide bonds. The van der Waals surface area contributed by atoms with E-state index in [-0.39, 0.29) is 52.2 Å². The maximum atomic E-state index is 14.3. The third-order valence-electron chi connectivity index (χ3n) is 18.0. The molecule has 15 atom stereocenters. The Morgan fingerprint density at radius 1 is 0.306 bits per heavy atom.